The number of tetrazole rings is 1. The maximum Gasteiger partial charge on any atom is 0.275 e. The van der Waals surface area contributed by atoms with Gasteiger partial charge in [-0.25, -0.2) is 4.98 Å². The minimum atomic E-state index is -0.650. The minimum absolute atomic E-state index is 0.0245. The third-order valence-electron chi connectivity index (χ3n) is 7.58. The van der Waals surface area contributed by atoms with Crippen LogP contribution in [0, 0.1) is 0 Å². The number of aromatic nitrogens is 6. The molecule has 1 saturated heterocycles. The molecule has 1 amide bonds. The zero-order chi connectivity index (χ0) is 31.3. The van der Waals surface area contributed by atoms with Crippen molar-refractivity contribution in [2.24, 2.45) is 0 Å². The van der Waals surface area contributed by atoms with Crippen LogP contribution in [0.4, 0.5) is 5.69 Å². The number of hydrogen-bond acceptors (Lipinski definition) is 10. The summed E-state index contributed by atoms with van der Waals surface area (Å²) in [7, 11) is 0. The van der Waals surface area contributed by atoms with Crippen molar-refractivity contribution in [3.63, 3.8) is 0 Å². The fourth-order valence-corrected chi connectivity index (χ4v) is 6.08. The summed E-state index contributed by atoms with van der Waals surface area (Å²) in [4.78, 5) is 21.7. The van der Waals surface area contributed by atoms with E-state index >= 15 is 0 Å². The Morgan fingerprint density at radius 3 is 2.41 bits per heavy atom. The van der Waals surface area contributed by atoms with Crippen LogP contribution < -0.4 is 5.32 Å². The summed E-state index contributed by atoms with van der Waals surface area (Å²) in [5.41, 5.74) is 5.74. The predicted molar refractivity (Wildman–Crippen MR) is 172 cm³/mol. The summed E-state index contributed by atoms with van der Waals surface area (Å²) in [6.07, 6.45) is 1.02. The number of para-hydroxylation sites is 3. The van der Waals surface area contributed by atoms with Crippen molar-refractivity contribution in [2.45, 2.75) is 36.7 Å². The quantitative estimate of drug-likeness (QED) is 0.192. The molecule has 0 bridgehead atoms. The zero-order valence-corrected chi connectivity index (χ0v) is 25.3. The number of carbonyl (C=O) groups excluding carboxylic acids is 1. The second-order valence-corrected chi connectivity index (χ2v) is 11.7. The van der Waals surface area contributed by atoms with Crippen molar-refractivity contribution >= 4 is 34.4 Å². The van der Waals surface area contributed by atoms with Crippen LogP contribution in [0.3, 0.4) is 0 Å². The van der Waals surface area contributed by atoms with E-state index in [0.29, 0.717) is 28.5 Å². The van der Waals surface area contributed by atoms with Crippen molar-refractivity contribution in [1.82, 2.24) is 30.2 Å². The van der Waals surface area contributed by atoms with Crippen LogP contribution in [0.5, 0.6) is 0 Å². The third kappa shape index (κ3) is 6.65. The van der Waals surface area contributed by atoms with Crippen molar-refractivity contribution in [3.8, 4) is 5.69 Å². The van der Waals surface area contributed by atoms with E-state index in [1.807, 2.05) is 103 Å². The van der Waals surface area contributed by atoms with Gasteiger partial charge in [0.2, 0.25) is 5.16 Å². The van der Waals surface area contributed by atoms with Gasteiger partial charge in [-0.2, -0.15) is 4.68 Å². The highest BCUT2D eigenvalue weighted by Crippen LogP contribution is 2.39. The lowest BCUT2D eigenvalue weighted by Gasteiger charge is -2.36. The number of hydrogen-bond donors (Lipinski definition) is 2. The molecular weight excluding hydrogens is 602 g/mol. The molecule has 46 heavy (non-hydrogen) atoms. The highest BCUT2D eigenvalue weighted by atomic mass is 32.2. The van der Waals surface area contributed by atoms with Gasteiger partial charge in [-0.15, -0.1) is 5.10 Å². The van der Waals surface area contributed by atoms with E-state index in [1.165, 1.54) is 18.0 Å². The van der Waals surface area contributed by atoms with Crippen LogP contribution in [-0.4, -0.2) is 53.0 Å². The Labute approximate surface area is 268 Å². The first-order valence-corrected chi connectivity index (χ1v) is 15.7. The number of aliphatic hydroxyl groups is 1. The van der Waals surface area contributed by atoms with Gasteiger partial charge >= 0.3 is 0 Å². The first kappa shape index (κ1) is 29.7. The molecule has 2 aromatic heterocycles. The van der Waals surface area contributed by atoms with Crippen molar-refractivity contribution in [2.75, 3.05) is 11.1 Å². The van der Waals surface area contributed by atoms with Gasteiger partial charge in [0.25, 0.3) is 5.91 Å². The number of anilines is 1. The second-order valence-electron chi connectivity index (χ2n) is 10.7. The summed E-state index contributed by atoms with van der Waals surface area (Å²) in [5, 5.41) is 25.4. The minimum Gasteiger partial charge on any atom is -0.392 e. The molecule has 7 rings (SSSR count). The first-order chi connectivity index (χ1) is 22.6. The summed E-state index contributed by atoms with van der Waals surface area (Å²) in [6.45, 7) is -0.0245. The SMILES string of the molecule is O=C(Nc1ccc(C2OC(CSc3nnnn3-c3ccccc3)CC(c3ccc(CO)cc3)O2)cc1)c1cnc2ccccc2n1. The Bertz CT molecular complexity index is 1940. The lowest BCUT2D eigenvalue weighted by molar-refractivity contribution is -0.245. The standard InChI is InChI=1S/C34H29N7O4S/c42-20-22-10-12-23(13-11-22)31-18-27(21-46-34-38-39-40-41(34)26-6-2-1-3-7-26)44-33(45-31)24-14-16-25(17-15-24)36-32(43)30-19-35-28-8-4-5-9-29(28)37-30/h1-17,19,27,31,33,42H,18,20-21H2,(H,36,43). The van der Waals surface area contributed by atoms with E-state index in [-0.39, 0.29) is 30.4 Å². The molecule has 0 spiro atoms. The van der Waals surface area contributed by atoms with Gasteiger partial charge in [-0.1, -0.05) is 78.5 Å². The van der Waals surface area contributed by atoms with Crippen molar-refractivity contribution in [3.05, 3.63) is 132 Å². The number of benzene rings is 4. The molecule has 3 unspecified atom stereocenters. The molecule has 1 aliphatic heterocycles. The Balaban J connectivity index is 1.07. The maximum atomic E-state index is 12.9. The molecule has 6 aromatic rings. The molecule has 12 heteroatoms. The van der Waals surface area contributed by atoms with Gasteiger partial charge in [-0.3, -0.25) is 9.78 Å². The van der Waals surface area contributed by atoms with Crippen LogP contribution in [-0.2, 0) is 16.1 Å². The molecule has 0 radical (unpaired) electrons. The largest absolute Gasteiger partial charge is 0.392 e. The maximum absolute atomic E-state index is 12.9. The average molecular weight is 632 g/mol. The highest BCUT2D eigenvalue weighted by molar-refractivity contribution is 7.99. The molecular formula is C34H29N7O4S. The van der Waals surface area contributed by atoms with Gasteiger partial charge < -0.3 is 19.9 Å². The molecule has 0 saturated carbocycles. The Morgan fingerprint density at radius 2 is 1.63 bits per heavy atom. The number of carbonyl (C=O) groups is 1. The first-order valence-electron chi connectivity index (χ1n) is 14.7. The summed E-state index contributed by atoms with van der Waals surface area (Å²) in [5.74, 6) is 0.247. The highest BCUT2D eigenvalue weighted by Gasteiger charge is 2.32. The Hall–Kier alpha value is -5.01. The summed E-state index contributed by atoms with van der Waals surface area (Å²) < 4.78 is 14.7. The van der Waals surface area contributed by atoms with Crippen molar-refractivity contribution < 1.29 is 19.4 Å². The van der Waals surface area contributed by atoms with Gasteiger partial charge in [0.15, 0.2) is 6.29 Å². The average Bonchev–Trinajstić information content (AvgIpc) is 3.60. The molecule has 11 nitrogen and oxygen atoms in total. The van der Waals surface area contributed by atoms with E-state index in [1.54, 1.807) is 4.68 Å². The Morgan fingerprint density at radius 1 is 0.891 bits per heavy atom. The number of nitrogens with one attached hydrogen (secondary N) is 1. The number of amides is 1. The molecule has 4 aromatic carbocycles. The van der Waals surface area contributed by atoms with E-state index in [2.05, 4.69) is 30.8 Å². The fourth-order valence-electron chi connectivity index (χ4n) is 5.18. The normalized spacial score (nSPS) is 18.0. The lowest BCUT2D eigenvalue weighted by Crippen LogP contribution is -2.31. The number of thioether (sulfide) groups is 1. The van der Waals surface area contributed by atoms with Crippen LogP contribution in [0.2, 0.25) is 0 Å². The van der Waals surface area contributed by atoms with Gasteiger partial charge in [0.05, 0.1) is 41.7 Å². The molecule has 1 aliphatic rings. The molecule has 2 N–H and O–H groups in total. The van der Waals surface area contributed by atoms with E-state index < -0.39 is 6.29 Å². The molecule has 0 aliphatic carbocycles. The molecule has 230 valence electrons. The topological polar surface area (TPSA) is 137 Å². The van der Waals surface area contributed by atoms with Gasteiger partial charge in [-0.05, 0) is 58.0 Å². The number of rotatable bonds is 9. The molecule has 3 atom stereocenters. The number of ether oxygens (including phenoxy) is 2. The number of nitrogens with zero attached hydrogens (tertiary/aromatic N) is 6. The third-order valence-corrected chi connectivity index (χ3v) is 8.63. The Kier molecular flexibility index (Phi) is 8.74. The molecule has 1 fully saturated rings. The summed E-state index contributed by atoms with van der Waals surface area (Å²) in [6, 6.07) is 32.3. The van der Waals surface area contributed by atoms with E-state index in [4.69, 9.17) is 9.47 Å². The van der Waals surface area contributed by atoms with Crippen LogP contribution >= 0.6 is 11.8 Å². The van der Waals surface area contributed by atoms with Crippen LogP contribution in [0.25, 0.3) is 16.7 Å². The van der Waals surface area contributed by atoms with Gasteiger partial charge in [0.1, 0.15) is 5.69 Å². The number of fused-ring (bicyclic) bond motifs is 1. The predicted octanol–water partition coefficient (Wildman–Crippen LogP) is 5.69. The van der Waals surface area contributed by atoms with Crippen molar-refractivity contribution in [1.29, 1.82) is 0 Å². The zero-order valence-electron chi connectivity index (χ0n) is 24.5. The fraction of sp³-hybridized carbons (Fsp3) is 0.176. The van der Waals surface area contributed by atoms with Crippen LogP contribution in [0.1, 0.15) is 46.0 Å². The van der Waals surface area contributed by atoms with E-state index in [0.717, 1.165) is 27.9 Å². The van der Waals surface area contributed by atoms with E-state index in [9.17, 15) is 9.90 Å². The number of aliphatic hydroxyl groups excluding tert-OH is 1. The summed E-state index contributed by atoms with van der Waals surface area (Å²) >= 11 is 1.52. The molecule has 3 heterocycles. The van der Waals surface area contributed by atoms with Crippen LogP contribution in [0.15, 0.2) is 114 Å². The monoisotopic (exact) mass is 631 g/mol. The smallest absolute Gasteiger partial charge is 0.275 e. The van der Waals surface area contributed by atoms with Gasteiger partial charge in [0, 0.05) is 23.4 Å². The second kappa shape index (κ2) is 13.5. The lowest BCUT2D eigenvalue weighted by atomic mass is 10.0.